The fourth-order valence-corrected chi connectivity index (χ4v) is 1.21. The lowest BCUT2D eigenvalue weighted by atomic mass is 10.1. The quantitative estimate of drug-likeness (QED) is 0.532. The minimum absolute atomic E-state index is 0. The van der Waals surface area contributed by atoms with Gasteiger partial charge in [-0.1, -0.05) is 19.9 Å². The van der Waals surface area contributed by atoms with Crippen LogP contribution < -0.4 is 5.32 Å². The highest BCUT2D eigenvalue weighted by atomic mass is 16.3. The van der Waals surface area contributed by atoms with Crippen molar-refractivity contribution in [2.45, 2.75) is 26.0 Å². The molecule has 1 unspecified atom stereocenters. The van der Waals surface area contributed by atoms with Crippen molar-refractivity contribution in [1.82, 2.24) is 5.32 Å². The molecule has 0 radical (unpaired) electrons. The molecular formula is C11H21NO5. The van der Waals surface area contributed by atoms with Gasteiger partial charge in [0.2, 0.25) is 0 Å². The molecule has 0 aromatic heterocycles. The number of hydrogen-bond acceptors (Lipinski definition) is 4. The van der Waals surface area contributed by atoms with E-state index < -0.39 is 6.10 Å². The van der Waals surface area contributed by atoms with Crippen molar-refractivity contribution in [3.63, 3.8) is 0 Å². The normalized spacial score (nSPS) is 11.5. The topological polar surface area (TPSA) is 136 Å². The molecule has 17 heavy (non-hydrogen) atoms. The third-order valence-corrected chi connectivity index (χ3v) is 2.10. The average Bonchev–Trinajstić information content (AvgIpc) is 2.18. The second-order valence-electron chi connectivity index (χ2n) is 3.83. The molecule has 0 aliphatic carbocycles. The second kappa shape index (κ2) is 7.86. The number of aliphatic hydroxyl groups excluding tert-OH is 1. The summed E-state index contributed by atoms with van der Waals surface area (Å²) in [4.78, 5) is 0. The molecular weight excluding hydrogens is 226 g/mol. The second-order valence-corrected chi connectivity index (χ2v) is 3.83. The van der Waals surface area contributed by atoms with Crippen LogP contribution in [0, 0.1) is 0 Å². The molecule has 1 rings (SSSR count). The van der Waals surface area contributed by atoms with Crippen molar-refractivity contribution in [2.24, 2.45) is 0 Å². The highest BCUT2D eigenvalue weighted by Gasteiger charge is 2.10. The van der Waals surface area contributed by atoms with E-state index in [1.807, 2.05) is 13.8 Å². The Bertz CT molecular complexity index is 330. The zero-order chi connectivity index (χ0) is 11.4. The van der Waals surface area contributed by atoms with Crippen LogP contribution in [0.5, 0.6) is 11.5 Å². The first-order valence-electron chi connectivity index (χ1n) is 4.94. The Balaban J connectivity index is 0. The molecule has 1 aromatic carbocycles. The van der Waals surface area contributed by atoms with Crippen molar-refractivity contribution < 1.29 is 26.3 Å². The average molecular weight is 247 g/mol. The maximum Gasteiger partial charge on any atom is 0.157 e. The maximum atomic E-state index is 9.73. The number of aliphatic hydroxyl groups is 1. The Kier molecular flexibility index (Phi) is 8.34. The lowest BCUT2D eigenvalue weighted by Gasteiger charge is -2.14. The molecule has 0 heterocycles. The van der Waals surface area contributed by atoms with Gasteiger partial charge in [-0.2, -0.15) is 0 Å². The Morgan fingerprint density at radius 2 is 1.71 bits per heavy atom. The number of phenols is 2. The summed E-state index contributed by atoms with van der Waals surface area (Å²) in [7, 11) is 0. The number of hydrogen-bond donors (Lipinski definition) is 4. The number of aromatic hydroxyl groups is 2. The number of nitrogens with one attached hydrogen (secondary N) is 1. The van der Waals surface area contributed by atoms with Crippen LogP contribution in [0.2, 0.25) is 0 Å². The van der Waals surface area contributed by atoms with Crippen LogP contribution in [0.4, 0.5) is 0 Å². The molecule has 100 valence electrons. The van der Waals surface area contributed by atoms with Gasteiger partial charge in [0.1, 0.15) is 0 Å². The van der Waals surface area contributed by atoms with Crippen LogP contribution in [0.1, 0.15) is 25.5 Å². The van der Waals surface area contributed by atoms with E-state index in [1.54, 1.807) is 6.07 Å². The zero-order valence-corrected chi connectivity index (χ0v) is 9.94. The predicted molar refractivity (Wildman–Crippen MR) is 65.1 cm³/mol. The lowest BCUT2D eigenvalue weighted by Crippen LogP contribution is -2.27. The molecule has 0 fully saturated rings. The molecule has 1 aromatic rings. The molecule has 0 aliphatic rings. The zero-order valence-electron chi connectivity index (χ0n) is 9.94. The van der Waals surface area contributed by atoms with E-state index in [2.05, 4.69) is 5.32 Å². The van der Waals surface area contributed by atoms with E-state index in [1.165, 1.54) is 12.1 Å². The van der Waals surface area contributed by atoms with E-state index in [9.17, 15) is 10.2 Å². The fraction of sp³-hybridized carbons (Fsp3) is 0.455. The summed E-state index contributed by atoms with van der Waals surface area (Å²) in [6.07, 6.45) is -0.682. The van der Waals surface area contributed by atoms with Gasteiger partial charge in [0.25, 0.3) is 0 Å². The molecule has 0 saturated carbocycles. The Labute approximate surface area is 100 Å². The number of rotatable bonds is 4. The lowest BCUT2D eigenvalue weighted by molar-refractivity contribution is 0.171. The Hall–Kier alpha value is -1.34. The van der Waals surface area contributed by atoms with Gasteiger partial charge < -0.3 is 31.6 Å². The Morgan fingerprint density at radius 3 is 2.18 bits per heavy atom. The van der Waals surface area contributed by atoms with Crippen LogP contribution in [0.15, 0.2) is 18.2 Å². The van der Waals surface area contributed by atoms with Gasteiger partial charge in [-0.25, -0.2) is 0 Å². The van der Waals surface area contributed by atoms with Gasteiger partial charge in [0.05, 0.1) is 6.10 Å². The minimum atomic E-state index is -0.682. The van der Waals surface area contributed by atoms with Crippen molar-refractivity contribution in [3.05, 3.63) is 23.8 Å². The largest absolute Gasteiger partial charge is 0.504 e. The van der Waals surface area contributed by atoms with Gasteiger partial charge in [-0.3, -0.25) is 0 Å². The molecule has 0 bridgehead atoms. The standard InChI is InChI=1S/C11H17NO3.2H2O/c1-7(2)12-6-11(15)8-3-4-9(13)10(14)5-8;;/h3-5,7,11-15H,6H2,1-2H3;2*1H2. The summed E-state index contributed by atoms with van der Waals surface area (Å²) in [5.74, 6) is -0.390. The summed E-state index contributed by atoms with van der Waals surface area (Å²) in [6.45, 7) is 4.39. The highest BCUT2D eigenvalue weighted by Crippen LogP contribution is 2.27. The minimum Gasteiger partial charge on any atom is -0.504 e. The van der Waals surface area contributed by atoms with Gasteiger partial charge in [-0.05, 0) is 17.7 Å². The van der Waals surface area contributed by atoms with Crippen molar-refractivity contribution in [3.8, 4) is 11.5 Å². The molecule has 8 N–H and O–H groups in total. The van der Waals surface area contributed by atoms with Crippen molar-refractivity contribution in [2.75, 3.05) is 6.54 Å². The first kappa shape index (κ1) is 18.0. The smallest absolute Gasteiger partial charge is 0.157 e. The molecule has 1 atom stereocenters. The SMILES string of the molecule is CC(C)NCC(O)c1ccc(O)c(O)c1.O.O. The van der Waals surface area contributed by atoms with Crippen molar-refractivity contribution >= 4 is 0 Å². The van der Waals surface area contributed by atoms with Gasteiger partial charge >= 0.3 is 0 Å². The molecule has 0 amide bonds. The summed E-state index contributed by atoms with van der Waals surface area (Å²) in [6, 6.07) is 4.61. The maximum absolute atomic E-state index is 9.73. The van der Waals surface area contributed by atoms with E-state index in [-0.39, 0.29) is 22.5 Å². The van der Waals surface area contributed by atoms with Gasteiger partial charge in [-0.15, -0.1) is 0 Å². The molecule has 6 nitrogen and oxygen atoms in total. The van der Waals surface area contributed by atoms with E-state index >= 15 is 0 Å². The molecule has 0 spiro atoms. The first-order valence-corrected chi connectivity index (χ1v) is 4.94. The summed E-state index contributed by atoms with van der Waals surface area (Å²) < 4.78 is 0. The molecule has 0 saturated heterocycles. The van der Waals surface area contributed by atoms with Crippen LogP contribution in [-0.2, 0) is 0 Å². The van der Waals surface area contributed by atoms with Crippen LogP contribution in [-0.4, -0.2) is 38.9 Å². The van der Waals surface area contributed by atoms with Gasteiger partial charge in [0.15, 0.2) is 11.5 Å². The third-order valence-electron chi connectivity index (χ3n) is 2.10. The highest BCUT2D eigenvalue weighted by molar-refractivity contribution is 5.41. The van der Waals surface area contributed by atoms with Crippen LogP contribution >= 0.6 is 0 Å². The first-order chi connectivity index (χ1) is 7.00. The van der Waals surface area contributed by atoms with Crippen LogP contribution in [0.3, 0.4) is 0 Å². The third kappa shape index (κ3) is 5.50. The fourth-order valence-electron chi connectivity index (χ4n) is 1.21. The Morgan fingerprint density at radius 1 is 1.12 bits per heavy atom. The van der Waals surface area contributed by atoms with E-state index in [0.717, 1.165) is 0 Å². The molecule has 6 heteroatoms. The van der Waals surface area contributed by atoms with Gasteiger partial charge in [0, 0.05) is 12.6 Å². The van der Waals surface area contributed by atoms with Crippen LogP contribution in [0.25, 0.3) is 0 Å². The molecule has 0 aliphatic heterocycles. The number of benzene rings is 1. The van der Waals surface area contributed by atoms with E-state index in [0.29, 0.717) is 18.2 Å². The predicted octanol–water partition coefficient (Wildman–Crippen LogP) is -0.520. The van der Waals surface area contributed by atoms with Crippen molar-refractivity contribution in [1.29, 1.82) is 0 Å². The van der Waals surface area contributed by atoms with E-state index in [4.69, 9.17) is 5.11 Å². The summed E-state index contributed by atoms with van der Waals surface area (Å²) >= 11 is 0. The summed E-state index contributed by atoms with van der Waals surface area (Å²) in [5, 5.41) is 31.2. The monoisotopic (exact) mass is 247 g/mol. The number of phenolic OH excluding ortho intramolecular Hbond substituents is 2. The summed E-state index contributed by atoms with van der Waals surface area (Å²) in [5.41, 5.74) is 0.582.